The Labute approximate surface area is 200 Å². The molecule has 0 bridgehead atoms. The second-order valence-corrected chi connectivity index (χ2v) is 11.6. The molecule has 4 rings (SSSR count). The second kappa shape index (κ2) is 9.55. The fraction of sp³-hybridized carbons (Fsp3) is 0.455. The highest BCUT2D eigenvalue weighted by Gasteiger charge is 2.33. The quantitative estimate of drug-likeness (QED) is 0.187. The first-order valence-corrected chi connectivity index (χ1v) is 13.6. The second-order valence-electron chi connectivity index (χ2n) is 7.64. The fourth-order valence-electron chi connectivity index (χ4n) is 3.39. The van der Waals surface area contributed by atoms with Crippen LogP contribution in [0.4, 0.5) is 0 Å². The molecule has 1 atom stereocenters. The van der Waals surface area contributed by atoms with Gasteiger partial charge >= 0.3 is 0 Å². The molecule has 1 aromatic carbocycles. The molecule has 0 radical (unpaired) electrons. The highest BCUT2D eigenvalue weighted by atomic mass is 35.5. The van der Waals surface area contributed by atoms with E-state index in [-0.39, 0.29) is 5.60 Å². The first-order chi connectivity index (χ1) is 14.4. The number of thiophene rings is 1. The van der Waals surface area contributed by atoms with Crippen molar-refractivity contribution >= 4 is 68.3 Å². The lowest BCUT2D eigenvalue weighted by atomic mass is 9.90. The number of benzene rings is 1. The number of fused-ring (bicyclic) bond motifs is 3. The van der Waals surface area contributed by atoms with Crippen molar-refractivity contribution in [2.24, 2.45) is 0 Å². The van der Waals surface area contributed by atoms with Crippen LogP contribution in [0.1, 0.15) is 49.6 Å². The zero-order valence-corrected chi connectivity index (χ0v) is 21.2. The van der Waals surface area contributed by atoms with Crippen molar-refractivity contribution in [1.82, 2.24) is 9.97 Å². The van der Waals surface area contributed by atoms with Gasteiger partial charge in [0, 0.05) is 38.2 Å². The number of nitrogens with zero attached hydrogens (tertiary/aromatic N) is 2. The van der Waals surface area contributed by atoms with E-state index >= 15 is 0 Å². The number of rotatable bonds is 7. The molecule has 0 amide bonds. The first-order valence-electron chi connectivity index (χ1n) is 10.1. The summed E-state index contributed by atoms with van der Waals surface area (Å²) in [5, 5.41) is 4.45. The van der Waals surface area contributed by atoms with Gasteiger partial charge in [-0.25, -0.2) is 9.97 Å². The molecule has 30 heavy (non-hydrogen) atoms. The van der Waals surface area contributed by atoms with E-state index in [4.69, 9.17) is 37.9 Å². The van der Waals surface area contributed by atoms with Crippen LogP contribution in [0.2, 0.25) is 10.0 Å². The standard InChI is InChI=1S/C22H24Cl2N2OS3/c1-4-8-28-21-25-19(29-12-13-6-7-14(23)9-16(13)24)18-15-10-22(3,5-2)27-11-17(15)30-20(18)26-21/h6-7,9H,4-5,8,10-12H2,1-3H3. The third kappa shape index (κ3) is 4.79. The summed E-state index contributed by atoms with van der Waals surface area (Å²) >= 11 is 17.7. The molecule has 160 valence electrons. The maximum atomic E-state index is 6.42. The van der Waals surface area contributed by atoms with Gasteiger partial charge in [0.15, 0.2) is 5.16 Å². The number of hydrogen-bond acceptors (Lipinski definition) is 6. The monoisotopic (exact) mass is 498 g/mol. The third-order valence-corrected chi connectivity index (χ3v) is 9.11. The largest absolute Gasteiger partial charge is 0.369 e. The molecule has 0 N–H and O–H groups in total. The Morgan fingerprint density at radius 3 is 2.77 bits per heavy atom. The molecule has 0 aliphatic carbocycles. The van der Waals surface area contributed by atoms with Crippen LogP contribution in [0.25, 0.3) is 10.2 Å². The zero-order chi connectivity index (χ0) is 21.3. The molecule has 1 unspecified atom stereocenters. The van der Waals surface area contributed by atoms with Crippen LogP contribution in [0.3, 0.4) is 0 Å². The van der Waals surface area contributed by atoms with Crippen LogP contribution in [-0.4, -0.2) is 21.3 Å². The van der Waals surface area contributed by atoms with Crippen LogP contribution < -0.4 is 0 Å². The highest BCUT2D eigenvalue weighted by molar-refractivity contribution is 7.99. The number of halogens is 2. The van der Waals surface area contributed by atoms with Gasteiger partial charge in [0.2, 0.25) is 0 Å². The van der Waals surface area contributed by atoms with Gasteiger partial charge in [-0.05, 0) is 43.0 Å². The van der Waals surface area contributed by atoms with E-state index in [0.29, 0.717) is 16.7 Å². The van der Waals surface area contributed by atoms with Crippen LogP contribution in [0.5, 0.6) is 0 Å². The lowest BCUT2D eigenvalue weighted by Crippen LogP contribution is -2.33. The van der Waals surface area contributed by atoms with Crippen molar-refractivity contribution in [1.29, 1.82) is 0 Å². The molecule has 3 heterocycles. The van der Waals surface area contributed by atoms with Crippen molar-refractivity contribution in [3.05, 3.63) is 44.2 Å². The summed E-state index contributed by atoms with van der Waals surface area (Å²) in [5.41, 5.74) is 2.30. The topological polar surface area (TPSA) is 35.0 Å². The Kier molecular flexibility index (Phi) is 7.22. The van der Waals surface area contributed by atoms with Gasteiger partial charge < -0.3 is 4.74 Å². The van der Waals surface area contributed by atoms with Gasteiger partial charge in [-0.2, -0.15) is 0 Å². The molecule has 0 saturated heterocycles. The predicted octanol–water partition coefficient (Wildman–Crippen LogP) is 8.03. The van der Waals surface area contributed by atoms with Crippen LogP contribution in [0.15, 0.2) is 28.4 Å². The lowest BCUT2D eigenvalue weighted by Gasteiger charge is -2.33. The molecule has 0 fully saturated rings. The van der Waals surface area contributed by atoms with Crippen LogP contribution >= 0.6 is 58.1 Å². The van der Waals surface area contributed by atoms with E-state index < -0.39 is 0 Å². The number of hydrogen-bond donors (Lipinski definition) is 0. The molecule has 3 nitrogen and oxygen atoms in total. The molecule has 0 saturated carbocycles. The van der Waals surface area contributed by atoms with Gasteiger partial charge in [-0.1, -0.05) is 54.9 Å². The van der Waals surface area contributed by atoms with Crippen molar-refractivity contribution in [3.63, 3.8) is 0 Å². The average Bonchev–Trinajstić information content (AvgIpc) is 3.09. The van der Waals surface area contributed by atoms with Crippen molar-refractivity contribution in [2.75, 3.05) is 5.75 Å². The van der Waals surface area contributed by atoms with Crippen molar-refractivity contribution in [3.8, 4) is 0 Å². The Morgan fingerprint density at radius 1 is 1.20 bits per heavy atom. The number of aromatic nitrogens is 2. The minimum Gasteiger partial charge on any atom is -0.369 e. The minimum absolute atomic E-state index is 0.127. The molecular formula is C22H24Cl2N2OS3. The first kappa shape index (κ1) is 22.7. The summed E-state index contributed by atoms with van der Waals surface area (Å²) < 4.78 is 6.18. The molecule has 1 aliphatic heterocycles. The third-order valence-electron chi connectivity index (χ3n) is 5.35. The highest BCUT2D eigenvalue weighted by Crippen LogP contribution is 2.44. The number of thioether (sulfide) groups is 2. The maximum Gasteiger partial charge on any atom is 0.190 e. The van der Waals surface area contributed by atoms with E-state index in [0.717, 1.165) is 51.3 Å². The Morgan fingerprint density at radius 2 is 2.03 bits per heavy atom. The lowest BCUT2D eigenvalue weighted by molar-refractivity contribution is -0.0543. The zero-order valence-electron chi connectivity index (χ0n) is 17.3. The van der Waals surface area contributed by atoms with Gasteiger partial charge in [0.05, 0.1) is 12.2 Å². The van der Waals surface area contributed by atoms with Crippen LogP contribution in [-0.2, 0) is 23.5 Å². The van der Waals surface area contributed by atoms with E-state index in [2.05, 4.69) is 20.8 Å². The number of ether oxygens (including phenoxy) is 1. The Bertz CT molecular complexity index is 1070. The Hall–Kier alpha value is -0.500. The van der Waals surface area contributed by atoms with E-state index in [1.807, 2.05) is 12.1 Å². The predicted molar refractivity (Wildman–Crippen MR) is 132 cm³/mol. The van der Waals surface area contributed by atoms with Gasteiger partial charge in [-0.15, -0.1) is 23.1 Å². The summed E-state index contributed by atoms with van der Waals surface area (Å²) in [5.74, 6) is 1.76. The summed E-state index contributed by atoms with van der Waals surface area (Å²) in [4.78, 5) is 12.2. The fourth-order valence-corrected chi connectivity index (χ4v) is 6.99. The SMILES string of the molecule is CCCSc1nc(SCc2ccc(Cl)cc2Cl)c2c3c(sc2n1)COC(C)(CC)C3. The van der Waals surface area contributed by atoms with Crippen molar-refractivity contribution in [2.45, 2.75) is 68.2 Å². The smallest absolute Gasteiger partial charge is 0.190 e. The van der Waals surface area contributed by atoms with E-state index in [9.17, 15) is 0 Å². The van der Waals surface area contributed by atoms with E-state index in [1.54, 1.807) is 40.9 Å². The average molecular weight is 500 g/mol. The summed E-state index contributed by atoms with van der Waals surface area (Å²) in [6, 6.07) is 5.68. The molecule has 1 aliphatic rings. The van der Waals surface area contributed by atoms with Crippen molar-refractivity contribution < 1.29 is 4.74 Å². The van der Waals surface area contributed by atoms with Gasteiger partial charge in [-0.3, -0.25) is 0 Å². The normalized spacial score (nSPS) is 18.7. The van der Waals surface area contributed by atoms with Gasteiger partial charge in [0.25, 0.3) is 0 Å². The maximum absolute atomic E-state index is 6.42. The summed E-state index contributed by atoms with van der Waals surface area (Å²) in [7, 11) is 0. The van der Waals surface area contributed by atoms with E-state index in [1.165, 1.54) is 15.8 Å². The summed E-state index contributed by atoms with van der Waals surface area (Å²) in [6.07, 6.45) is 2.98. The minimum atomic E-state index is -0.127. The molecule has 2 aromatic heterocycles. The molecular weight excluding hydrogens is 475 g/mol. The van der Waals surface area contributed by atoms with Crippen LogP contribution in [0, 0.1) is 0 Å². The molecule has 3 aromatic rings. The Balaban J connectivity index is 1.74. The van der Waals surface area contributed by atoms with Gasteiger partial charge in [0.1, 0.15) is 9.86 Å². The molecule has 8 heteroatoms. The summed E-state index contributed by atoms with van der Waals surface area (Å²) in [6.45, 7) is 7.22. The molecule has 0 spiro atoms.